The molecule has 7 nitrogen and oxygen atoms in total. The van der Waals surface area contributed by atoms with Gasteiger partial charge in [0.1, 0.15) is 5.01 Å². The Balaban J connectivity index is 1.28. The van der Waals surface area contributed by atoms with E-state index < -0.39 is 0 Å². The van der Waals surface area contributed by atoms with Crippen LogP contribution in [0.2, 0.25) is 0 Å². The van der Waals surface area contributed by atoms with Gasteiger partial charge in [0.2, 0.25) is 12.7 Å². The second-order valence-electron chi connectivity index (χ2n) is 6.33. The van der Waals surface area contributed by atoms with Gasteiger partial charge in [-0.15, -0.1) is 11.3 Å². The molecule has 1 saturated heterocycles. The third-order valence-corrected chi connectivity index (χ3v) is 5.41. The molecule has 0 bridgehead atoms. The topological polar surface area (TPSA) is 75.7 Å². The molecule has 138 valence electrons. The summed E-state index contributed by atoms with van der Waals surface area (Å²) in [4.78, 5) is 19.1. The minimum atomic E-state index is 0.0164. The lowest BCUT2D eigenvalue weighted by atomic mass is 10.2. The Morgan fingerprint density at radius 2 is 2.12 bits per heavy atom. The van der Waals surface area contributed by atoms with Crippen LogP contribution in [-0.2, 0) is 11.2 Å². The van der Waals surface area contributed by atoms with Crippen LogP contribution >= 0.6 is 11.3 Å². The molecule has 3 heterocycles. The highest BCUT2D eigenvalue weighted by molar-refractivity contribution is 7.13. The van der Waals surface area contributed by atoms with Crippen LogP contribution in [-0.4, -0.2) is 61.9 Å². The Kier molecular flexibility index (Phi) is 5.33. The van der Waals surface area contributed by atoms with Crippen molar-refractivity contribution in [1.29, 1.82) is 0 Å². The number of hydrogen-bond acceptors (Lipinski definition) is 7. The van der Waals surface area contributed by atoms with Gasteiger partial charge in [0.05, 0.1) is 12.1 Å². The number of aromatic nitrogens is 1. The van der Waals surface area contributed by atoms with Crippen LogP contribution in [0, 0.1) is 0 Å². The number of thiazole rings is 1. The van der Waals surface area contributed by atoms with E-state index in [2.05, 4.69) is 20.5 Å². The number of rotatable bonds is 6. The van der Waals surface area contributed by atoms with Crippen LogP contribution in [0.15, 0.2) is 23.6 Å². The van der Waals surface area contributed by atoms with E-state index >= 15 is 0 Å². The molecule has 26 heavy (non-hydrogen) atoms. The van der Waals surface area contributed by atoms with E-state index in [0.717, 1.165) is 60.5 Å². The lowest BCUT2D eigenvalue weighted by molar-refractivity contribution is -0.120. The molecule has 1 aromatic carbocycles. The number of piperazine rings is 1. The minimum Gasteiger partial charge on any atom is -0.454 e. The molecule has 0 aliphatic carbocycles. The van der Waals surface area contributed by atoms with Gasteiger partial charge in [0, 0.05) is 50.2 Å². The molecule has 2 aliphatic rings. The van der Waals surface area contributed by atoms with Crippen molar-refractivity contribution in [2.75, 3.05) is 46.1 Å². The summed E-state index contributed by atoms with van der Waals surface area (Å²) in [7, 11) is 0. The minimum absolute atomic E-state index is 0.0164. The van der Waals surface area contributed by atoms with E-state index in [4.69, 9.17) is 9.47 Å². The summed E-state index contributed by atoms with van der Waals surface area (Å²) in [6.07, 6.45) is 0.308. The first kappa shape index (κ1) is 17.3. The Hall–Kier alpha value is -2.16. The first-order valence-electron chi connectivity index (χ1n) is 8.82. The summed E-state index contributed by atoms with van der Waals surface area (Å²) in [5.41, 5.74) is 1.77. The zero-order chi connectivity index (χ0) is 17.8. The van der Waals surface area contributed by atoms with Gasteiger partial charge in [0.25, 0.3) is 0 Å². The largest absolute Gasteiger partial charge is 0.454 e. The molecule has 1 amide bonds. The molecule has 2 aliphatic heterocycles. The third kappa shape index (κ3) is 4.14. The van der Waals surface area contributed by atoms with Gasteiger partial charge >= 0.3 is 0 Å². The van der Waals surface area contributed by atoms with Crippen LogP contribution in [0.5, 0.6) is 11.5 Å². The number of carbonyl (C=O) groups is 1. The van der Waals surface area contributed by atoms with Crippen molar-refractivity contribution in [3.05, 3.63) is 29.3 Å². The zero-order valence-corrected chi connectivity index (χ0v) is 15.3. The average molecular weight is 374 g/mol. The first-order valence-corrected chi connectivity index (χ1v) is 9.70. The SMILES string of the molecule is O=C(Cc1csc(-c2ccc3c(c2)OCO3)n1)NCCN1CCNCC1. The summed E-state index contributed by atoms with van der Waals surface area (Å²) in [5, 5.41) is 9.14. The quantitative estimate of drug-likeness (QED) is 0.789. The summed E-state index contributed by atoms with van der Waals surface area (Å²) in [5.74, 6) is 1.52. The Labute approximate surface area is 156 Å². The van der Waals surface area contributed by atoms with Gasteiger partial charge in [-0.2, -0.15) is 0 Å². The van der Waals surface area contributed by atoms with Gasteiger partial charge in [-0.3, -0.25) is 9.69 Å². The van der Waals surface area contributed by atoms with Gasteiger partial charge in [0.15, 0.2) is 11.5 Å². The summed E-state index contributed by atoms with van der Waals surface area (Å²) >= 11 is 1.53. The number of fused-ring (bicyclic) bond motifs is 1. The highest BCUT2D eigenvalue weighted by atomic mass is 32.1. The lowest BCUT2D eigenvalue weighted by Crippen LogP contribution is -2.46. The normalized spacial score (nSPS) is 16.6. The summed E-state index contributed by atoms with van der Waals surface area (Å²) < 4.78 is 10.7. The maximum Gasteiger partial charge on any atom is 0.231 e. The number of benzene rings is 1. The van der Waals surface area contributed by atoms with E-state index in [1.165, 1.54) is 11.3 Å². The molecule has 2 aromatic rings. The second-order valence-corrected chi connectivity index (χ2v) is 7.19. The van der Waals surface area contributed by atoms with E-state index in [0.29, 0.717) is 13.0 Å². The van der Waals surface area contributed by atoms with Crippen molar-refractivity contribution in [2.24, 2.45) is 0 Å². The predicted octanol–water partition coefficient (Wildman–Crippen LogP) is 1.10. The molecular weight excluding hydrogens is 352 g/mol. The Morgan fingerprint density at radius 3 is 3.00 bits per heavy atom. The van der Waals surface area contributed by atoms with Crippen molar-refractivity contribution >= 4 is 17.2 Å². The van der Waals surface area contributed by atoms with E-state index in [-0.39, 0.29) is 12.7 Å². The monoisotopic (exact) mass is 374 g/mol. The third-order valence-electron chi connectivity index (χ3n) is 4.47. The Morgan fingerprint density at radius 1 is 1.27 bits per heavy atom. The molecule has 0 radical (unpaired) electrons. The van der Waals surface area contributed by atoms with Gasteiger partial charge in [-0.25, -0.2) is 4.98 Å². The predicted molar refractivity (Wildman–Crippen MR) is 99.7 cm³/mol. The van der Waals surface area contributed by atoms with Crippen molar-refractivity contribution in [3.8, 4) is 22.1 Å². The first-order chi connectivity index (χ1) is 12.8. The number of ether oxygens (including phenoxy) is 2. The average Bonchev–Trinajstić information content (AvgIpc) is 3.31. The zero-order valence-electron chi connectivity index (χ0n) is 14.5. The molecule has 0 atom stereocenters. The Bertz CT molecular complexity index is 774. The second kappa shape index (κ2) is 8.03. The van der Waals surface area contributed by atoms with Crippen molar-refractivity contribution in [2.45, 2.75) is 6.42 Å². The van der Waals surface area contributed by atoms with Crippen LogP contribution in [0.4, 0.5) is 0 Å². The standard InChI is InChI=1S/C18H22N4O3S/c23-17(20-5-8-22-6-3-19-4-7-22)10-14-11-26-18(21-14)13-1-2-15-16(9-13)25-12-24-15/h1-2,9,11,19H,3-8,10,12H2,(H,20,23). The fourth-order valence-corrected chi connectivity index (χ4v) is 3.88. The number of nitrogens with zero attached hydrogens (tertiary/aromatic N) is 2. The molecule has 4 rings (SSSR count). The number of hydrogen-bond donors (Lipinski definition) is 2. The molecule has 0 spiro atoms. The van der Waals surface area contributed by atoms with Gasteiger partial charge in [-0.1, -0.05) is 0 Å². The molecule has 0 saturated carbocycles. The molecule has 1 fully saturated rings. The summed E-state index contributed by atoms with van der Waals surface area (Å²) in [6, 6.07) is 5.78. The maximum absolute atomic E-state index is 12.1. The highest BCUT2D eigenvalue weighted by Gasteiger charge is 2.16. The molecule has 2 N–H and O–H groups in total. The number of amides is 1. The van der Waals surface area contributed by atoms with Crippen LogP contribution < -0.4 is 20.1 Å². The van der Waals surface area contributed by atoms with E-state index in [9.17, 15) is 4.79 Å². The van der Waals surface area contributed by atoms with Crippen LogP contribution in [0.1, 0.15) is 5.69 Å². The van der Waals surface area contributed by atoms with Crippen molar-refractivity contribution < 1.29 is 14.3 Å². The van der Waals surface area contributed by atoms with E-state index in [1.54, 1.807) is 0 Å². The molecule has 1 aromatic heterocycles. The lowest BCUT2D eigenvalue weighted by Gasteiger charge is -2.27. The van der Waals surface area contributed by atoms with Crippen molar-refractivity contribution in [3.63, 3.8) is 0 Å². The molecular formula is C18H22N4O3S. The fourth-order valence-electron chi connectivity index (χ4n) is 3.07. The highest BCUT2D eigenvalue weighted by Crippen LogP contribution is 2.36. The fraction of sp³-hybridized carbons (Fsp3) is 0.444. The number of nitrogens with one attached hydrogen (secondary N) is 2. The smallest absolute Gasteiger partial charge is 0.231 e. The summed E-state index contributed by atoms with van der Waals surface area (Å²) in [6.45, 7) is 5.97. The van der Waals surface area contributed by atoms with Crippen molar-refractivity contribution in [1.82, 2.24) is 20.5 Å². The van der Waals surface area contributed by atoms with Gasteiger partial charge in [-0.05, 0) is 18.2 Å². The molecule has 8 heteroatoms. The molecule has 0 unspecified atom stereocenters. The van der Waals surface area contributed by atoms with Crippen LogP contribution in [0.3, 0.4) is 0 Å². The van der Waals surface area contributed by atoms with Crippen LogP contribution in [0.25, 0.3) is 10.6 Å². The van der Waals surface area contributed by atoms with E-state index in [1.807, 2.05) is 23.6 Å². The van der Waals surface area contributed by atoms with Gasteiger partial charge < -0.3 is 20.1 Å². The number of carbonyl (C=O) groups excluding carboxylic acids is 1. The maximum atomic E-state index is 12.1.